The maximum Gasteiger partial charge on any atom is 0.187 e. The summed E-state index contributed by atoms with van der Waals surface area (Å²) in [6.07, 6.45) is -53.8. The number of aliphatic hydroxyl groups is 19. The molecule has 19 N–H and O–H groups in total. The standard InChI is InChI=1S/C36H62O30/c1-7-13(38)19(44)29(54)35(60-7)66-30-24(49)18(43)12(65-36(30)59-3-9-15(40)20(45)25(50)31(55)61-9)6-58-34-28(53)23(48)17(42)11(64-34)5-57-33-27(52)22(47)16(41)10(63-33)4-56-32-26(51)21(46)14(39)8(2-37)62-32/h7-55H,2-6H2,1H3/t7-,8+,9+,10+,11+,12+,13+,14-,15+,16-,17-,18-,19+,20-,21-,22-,23-,24-,25-,26+,27+,28+,29-,30+,31-,32-,33-,34-,35-,36+/m0/s1. The van der Waals surface area contributed by atoms with Crippen LogP contribution in [0, 0.1) is 0 Å². The number of rotatable bonds is 15. The molecule has 30 atom stereocenters. The van der Waals surface area contributed by atoms with E-state index in [1.807, 2.05) is 0 Å². The summed E-state index contributed by atoms with van der Waals surface area (Å²) >= 11 is 0. The SMILES string of the molecule is C[C@@H]1O[C@@H](O[C@H]2[C@H](OC[C@H]3O[C@H](O)[C@@H](O)[C@@H](O)[C@@H]3O)O[C@H](CO[C@H]3O[C@H](CO[C@H]4O[C@H](CO[C@H]5O[C@H](CO)[C@H](O)[C@H](O)[C@H]5O)[C@H](O)[C@H](O)[C@H]4O)[C@H](O)[C@H](O)[C@H]3O)[C@H](O)[C@@H]2O)[C@@H](O)[C@H](O)[C@@H]1O. The Hall–Kier alpha value is -1.20. The molecule has 30 nitrogen and oxygen atoms in total. The second-order valence-electron chi connectivity index (χ2n) is 16.9. The van der Waals surface area contributed by atoms with Crippen LogP contribution in [-0.2, 0) is 52.1 Å². The zero-order valence-corrected chi connectivity index (χ0v) is 34.8. The summed E-state index contributed by atoms with van der Waals surface area (Å²) in [6.45, 7) is -2.54. The van der Waals surface area contributed by atoms with Crippen LogP contribution in [0.5, 0.6) is 0 Å². The first kappa shape index (κ1) is 54.1. The van der Waals surface area contributed by atoms with E-state index >= 15 is 0 Å². The molecule has 0 radical (unpaired) electrons. The Balaban J connectivity index is 1.09. The predicted octanol–water partition coefficient (Wildman–Crippen LogP) is -13.1. The predicted molar refractivity (Wildman–Crippen MR) is 198 cm³/mol. The molecule has 0 amide bonds. The van der Waals surface area contributed by atoms with Crippen molar-refractivity contribution in [2.75, 3.05) is 33.0 Å². The van der Waals surface area contributed by atoms with Crippen molar-refractivity contribution >= 4 is 0 Å². The number of aliphatic hydroxyl groups excluding tert-OH is 19. The third-order valence-corrected chi connectivity index (χ3v) is 12.3. The van der Waals surface area contributed by atoms with Gasteiger partial charge in [-0.3, -0.25) is 0 Å². The quantitative estimate of drug-likeness (QED) is 0.0724. The van der Waals surface area contributed by atoms with Crippen molar-refractivity contribution in [3.05, 3.63) is 0 Å². The topological polar surface area (TPSA) is 486 Å². The maximum absolute atomic E-state index is 11.3. The van der Waals surface area contributed by atoms with Crippen LogP contribution in [-0.4, -0.2) is 314 Å². The Bertz CT molecular complexity index is 1490. The zero-order chi connectivity index (χ0) is 48.6. The number of hydrogen-bond donors (Lipinski definition) is 19. The fraction of sp³-hybridized carbons (Fsp3) is 1.00. The van der Waals surface area contributed by atoms with E-state index in [9.17, 15) is 97.0 Å². The highest BCUT2D eigenvalue weighted by molar-refractivity contribution is 4.97. The van der Waals surface area contributed by atoms with Gasteiger partial charge in [0.15, 0.2) is 37.7 Å². The third kappa shape index (κ3) is 11.4. The summed E-state index contributed by atoms with van der Waals surface area (Å²) in [5, 5.41) is 198. The van der Waals surface area contributed by atoms with Gasteiger partial charge in [-0.05, 0) is 6.92 Å². The molecule has 30 heteroatoms. The lowest BCUT2D eigenvalue weighted by Gasteiger charge is -2.47. The lowest BCUT2D eigenvalue weighted by molar-refractivity contribution is -0.375. The molecule has 6 heterocycles. The van der Waals surface area contributed by atoms with Crippen LogP contribution in [0.3, 0.4) is 0 Å². The van der Waals surface area contributed by atoms with E-state index in [1.54, 1.807) is 0 Å². The molecular weight excluding hydrogens is 912 g/mol. The molecule has 6 aliphatic rings. The van der Waals surface area contributed by atoms with Crippen molar-refractivity contribution in [3.8, 4) is 0 Å². The van der Waals surface area contributed by atoms with Crippen molar-refractivity contribution in [2.24, 2.45) is 0 Å². The Morgan fingerprint density at radius 2 is 0.621 bits per heavy atom. The molecule has 0 spiro atoms. The van der Waals surface area contributed by atoms with Gasteiger partial charge >= 0.3 is 0 Å². The summed E-state index contributed by atoms with van der Waals surface area (Å²) in [5.41, 5.74) is 0. The first-order chi connectivity index (χ1) is 31.1. The van der Waals surface area contributed by atoms with E-state index in [2.05, 4.69) is 0 Å². The maximum atomic E-state index is 11.3. The molecular formula is C36H62O30. The molecule has 0 bridgehead atoms. The van der Waals surface area contributed by atoms with Gasteiger partial charge in [0.05, 0.1) is 39.1 Å². The summed E-state index contributed by atoms with van der Waals surface area (Å²) in [7, 11) is 0. The lowest BCUT2D eigenvalue weighted by Crippen LogP contribution is -2.65. The van der Waals surface area contributed by atoms with Crippen molar-refractivity contribution in [1.29, 1.82) is 0 Å². The van der Waals surface area contributed by atoms with E-state index in [0.29, 0.717) is 0 Å². The average molecular weight is 975 g/mol. The van der Waals surface area contributed by atoms with Gasteiger partial charge < -0.3 is 149 Å². The minimum Gasteiger partial charge on any atom is -0.394 e. The summed E-state index contributed by atoms with van der Waals surface area (Å²) < 4.78 is 60.7. The summed E-state index contributed by atoms with van der Waals surface area (Å²) in [6, 6.07) is 0. The van der Waals surface area contributed by atoms with E-state index in [4.69, 9.17) is 52.1 Å². The van der Waals surface area contributed by atoms with Crippen LogP contribution in [0.2, 0.25) is 0 Å². The minimum atomic E-state index is -2.05. The highest BCUT2D eigenvalue weighted by Crippen LogP contribution is 2.33. The molecule has 0 aliphatic carbocycles. The van der Waals surface area contributed by atoms with Crippen LogP contribution in [0.4, 0.5) is 0 Å². The van der Waals surface area contributed by atoms with Gasteiger partial charge in [0.25, 0.3) is 0 Å². The molecule has 0 aromatic heterocycles. The highest BCUT2D eigenvalue weighted by Gasteiger charge is 2.54. The van der Waals surface area contributed by atoms with E-state index < -0.39 is 217 Å². The Labute approximate surface area is 373 Å². The fourth-order valence-electron chi connectivity index (χ4n) is 8.02. The van der Waals surface area contributed by atoms with Crippen LogP contribution in [0.15, 0.2) is 0 Å². The first-order valence-corrected chi connectivity index (χ1v) is 21.0. The molecule has 6 rings (SSSR count). The van der Waals surface area contributed by atoms with Gasteiger partial charge in [-0.25, -0.2) is 0 Å². The van der Waals surface area contributed by atoms with Crippen LogP contribution < -0.4 is 0 Å². The molecule has 0 saturated carbocycles. The second kappa shape index (κ2) is 22.9. The van der Waals surface area contributed by atoms with E-state index in [-0.39, 0.29) is 0 Å². The van der Waals surface area contributed by atoms with Gasteiger partial charge in [0, 0.05) is 0 Å². The molecule has 66 heavy (non-hydrogen) atoms. The third-order valence-electron chi connectivity index (χ3n) is 12.3. The Morgan fingerprint density at radius 1 is 0.303 bits per heavy atom. The van der Waals surface area contributed by atoms with Crippen LogP contribution in [0.25, 0.3) is 0 Å². The first-order valence-electron chi connectivity index (χ1n) is 21.0. The van der Waals surface area contributed by atoms with Crippen molar-refractivity contribution in [1.82, 2.24) is 0 Å². The Kier molecular flexibility index (Phi) is 18.8. The molecule has 0 unspecified atom stereocenters. The van der Waals surface area contributed by atoms with Crippen LogP contribution in [0.1, 0.15) is 6.92 Å². The van der Waals surface area contributed by atoms with Gasteiger partial charge in [-0.15, -0.1) is 0 Å². The summed E-state index contributed by atoms with van der Waals surface area (Å²) in [4.78, 5) is 0. The van der Waals surface area contributed by atoms with E-state index in [0.717, 1.165) is 0 Å². The normalized spacial score (nSPS) is 54.0. The van der Waals surface area contributed by atoms with E-state index in [1.165, 1.54) is 6.92 Å². The number of hydrogen-bond acceptors (Lipinski definition) is 30. The largest absolute Gasteiger partial charge is 0.394 e. The Morgan fingerprint density at radius 3 is 1.06 bits per heavy atom. The molecule has 386 valence electrons. The smallest absolute Gasteiger partial charge is 0.187 e. The van der Waals surface area contributed by atoms with Gasteiger partial charge in [-0.2, -0.15) is 0 Å². The van der Waals surface area contributed by atoms with Crippen molar-refractivity contribution in [2.45, 2.75) is 191 Å². The van der Waals surface area contributed by atoms with Crippen molar-refractivity contribution in [3.63, 3.8) is 0 Å². The van der Waals surface area contributed by atoms with Crippen molar-refractivity contribution < 1.29 is 149 Å². The highest BCUT2D eigenvalue weighted by atomic mass is 16.8. The monoisotopic (exact) mass is 974 g/mol. The van der Waals surface area contributed by atoms with Gasteiger partial charge in [0.2, 0.25) is 0 Å². The number of ether oxygens (including phenoxy) is 11. The molecule has 6 saturated heterocycles. The molecule has 6 fully saturated rings. The molecule has 6 aliphatic heterocycles. The lowest BCUT2D eigenvalue weighted by atomic mass is 9.97. The second-order valence-corrected chi connectivity index (χ2v) is 16.9. The zero-order valence-electron chi connectivity index (χ0n) is 34.8. The minimum absolute atomic E-state index is 0.700. The molecule has 0 aromatic rings. The summed E-state index contributed by atoms with van der Waals surface area (Å²) in [5.74, 6) is 0. The van der Waals surface area contributed by atoms with Gasteiger partial charge in [-0.1, -0.05) is 0 Å². The molecule has 0 aromatic carbocycles. The van der Waals surface area contributed by atoms with Crippen LogP contribution >= 0.6 is 0 Å². The fourth-order valence-corrected chi connectivity index (χ4v) is 8.02. The average Bonchev–Trinajstić information content (AvgIpc) is 3.30. The van der Waals surface area contributed by atoms with Gasteiger partial charge in [0.1, 0.15) is 140 Å².